The summed E-state index contributed by atoms with van der Waals surface area (Å²) >= 11 is 0. The summed E-state index contributed by atoms with van der Waals surface area (Å²) in [7, 11) is 0. The van der Waals surface area contributed by atoms with Gasteiger partial charge in [0, 0.05) is 18.2 Å². The highest BCUT2D eigenvalue weighted by Crippen LogP contribution is 2.19. The topological polar surface area (TPSA) is 88.1 Å². The molecule has 0 aromatic heterocycles. The van der Waals surface area contributed by atoms with Crippen molar-refractivity contribution in [3.05, 3.63) is 38.0 Å². The van der Waals surface area contributed by atoms with E-state index in [1.165, 1.54) is 0 Å². The Morgan fingerprint density at radius 3 is 1.57 bits per heavy atom. The molecule has 0 N–H and O–H groups in total. The lowest BCUT2D eigenvalue weighted by Crippen LogP contribution is -2.53. The molecule has 1 saturated heterocycles. The lowest BCUT2D eigenvalue weighted by Gasteiger charge is -2.35. The first-order chi connectivity index (χ1) is 10.0. The van der Waals surface area contributed by atoms with E-state index in [2.05, 4.69) is 19.7 Å². The first kappa shape index (κ1) is 16.6. The summed E-state index contributed by atoms with van der Waals surface area (Å²) in [5.41, 5.74) is 0. The molecule has 0 saturated carbocycles. The normalized spacial score (nSPS) is 24.3. The Balaban J connectivity index is 2.88. The maximum Gasteiger partial charge on any atom is 0.330 e. The lowest BCUT2D eigenvalue weighted by atomic mass is 10.1. The minimum absolute atomic E-state index is 0.00317. The number of carbonyl (C=O) groups is 3. The fourth-order valence-corrected chi connectivity index (χ4v) is 1.66. The zero-order chi connectivity index (χ0) is 15.8. The second-order valence-corrected chi connectivity index (χ2v) is 4.00. The van der Waals surface area contributed by atoms with E-state index in [9.17, 15) is 14.4 Å². The average molecular weight is 296 g/mol. The van der Waals surface area contributed by atoms with Crippen molar-refractivity contribution in [1.29, 1.82) is 0 Å². The highest BCUT2D eigenvalue weighted by atomic mass is 16.6. The number of hydrogen-bond acceptors (Lipinski definition) is 7. The van der Waals surface area contributed by atoms with Gasteiger partial charge in [-0.25, -0.2) is 14.4 Å². The zero-order valence-electron chi connectivity index (χ0n) is 11.4. The van der Waals surface area contributed by atoms with Crippen LogP contribution in [0.4, 0.5) is 0 Å². The fourth-order valence-electron chi connectivity index (χ4n) is 1.66. The fraction of sp³-hybridized carbons (Fsp3) is 0.357. The van der Waals surface area contributed by atoms with Gasteiger partial charge < -0.3 is 18.9 Å². The molecule has 0 spiro atoms. The van der Waals surface area contributed by atoms with E-state index in [1.54, 1.807) is 0 Å². The summed E-state index contributed by atoms with van der Waals surface area (Å²) in [5, 5.41) is 0. The molecule has 1 heterocycles. The van der Waals surface area contributed by atoms with E-state index >= 15 is 0 Å². The van der Waals surface area contributed by atoms with Crippen molar-refractivity contribution in [2.75, 3.05) is 13.2 Å². The molecule has 7 heteroatoms. The molecule has 7 nitrogen and oxygen atoms in total. The second kappa shape index (κ2) is 8.01. The molecule has 0 aromatic rings. The molecular weight excluding hydrogens is 280 g/mol. The quantitative estimate of drug-likeness (QED) is 0.396. The highest BCUT2D eigenvalue weighted by Gasteiger charge is 2.41. The van der Waals surface area contributed by atoms with Crippen LogP contribution < -0.4 is 0 Å². The van der Waals surface area contributed by atoms with Crippen LogP contribution in [-0.2, 0) is 33.3 Å². The van der Waals surface area contributed by atoms with Gasteiger partial charge in [-0.1, -0.05) is 19.7 Å². The Kier molecular flexibility index (Phi) is 6.35. The summed E-state index contributed by atoms with van der Waals surface area (Å²) in [6.45, 7) is 9.81. The van der Waals surface area contributed by atoms with Gasteiger partial charge in [-0.2, -0.15) is 0 Å². The lowest BCUT2D eigenvalue weighted by molar-refractivity contribution is -0.205. The molecular formula is C14H16O7. The van der Waals surface area contributed by atoms with E-state index in [4.69, 9.17) is 18.9 Å². The van der Waals surface area contributed by atoms with Crippen molar-refractivity contribution >= 4 is 17.9 Å². The van der Waals surface area contributed by atoms with Crippen molar-refractivity contribution in [3.8, 4) is 0 Å². The van der Waals surface area contributed by atoms with E-state index in [0.29, 0.717) is 0 Å². The number of ether oxygens (including phenoxy) is 4. The van der Waals surface area contributed by atoms with Crippen molar-refractivity contribution in [3.63, 3.8) is 0 Å². The van der Waals surface area contributed by atoms with Gasteiger partial charge in [0.25, 0.3) is 0 Å². The molecule has 2 unspecified atom stereocenters. The SMILES string of the molecule is C=CC(=O)OC1COCC(OC(=O)C=C)C1OC(=O)C=C. The van der Waals surface area contributed by atoms with Crippen LogP contribution in [0.2, 0.25) is 0 Å². The van der Waals surface area contributed by atoms with Crippen molar-refractivity contribution < 1.29 is 33.3 Å². The van der Waals surface area contributed by atoms with Crippen LogP contribution >= 0.6 is 0 Å². The van der Waals surface area contributed by atoms with Crippen LogP contribution in [0.1, 0.15) is 0 Å². The van der Waals surface area contributed by atoms with Gasteiger partial charge >= 0.3 is 17.9 Å². The third kappa shape index (κ3) is 4.88. The molecule has 0 bridgehead atoms. The molecule has 2 atom stereocenters. The maximum absolute atomic E-state index is 11.4. The van der Waals surface area contributed by atoms with Gasteiger partial charge in [-0.3, -0.25) is 0 Å². The summed E-state index contributed by atoms with van der Waals surface area (Å²) in [5.74, 6) is -2.15. The molecule has 114 valence electrons. The van der Waals surface area contributed by atoms with E-state index in [-0.39, 0.29) is 13.2 Å². The monoisotopic (exact) mass is 296 g/mol. The molecule has 1 aliphatic heterocycles. The minimum Gasteiger partial charge on any atom is -0.453 e. The maximum atomic E-state index is 11.4. The van der Waals surface area contributed by atoms with Gasteiger partial charge in [-0.15, -0.1) is 0 Å². The van der Waals surface area contributed by atoms with Crippen LogP contribution in [0, 0.1) is 0 Å². The van der Waals surface area contributed by atoms with E-state index in [0.717, 1.165) is 18.2 Å². The van der Waals surface area contributed by atoms with Crippen molar-refractivity contribution in [1.82, 2.24) is 0 Å². The number of esters is 3. The van der Waals surface area contributed by atoms with Crippen LogP contribution in [-0.4, -0.2) is 49.4 Å². The molecule has 1 fully saturated rings. The molecule has 0 aromatic carbocycles. The number of rotatable bonds is 6. The highest BCUT2D eigenvalue weighted by molar-refractivity contribution is 5.83. The third-order valence-corrected chi connectivity index (χ3v) is 2.58. The molecule has 0 radical (unpaired) electrons. The molecule has 21 heavy (non-hydrogen) atoms. The van der Waals surface area contributed by atoms with Crippen molar-refractivity contribution in [2.45, 2.75) is 18.3 Å². The number of carbonyl (C=O) groups excluding carboxylic acids is 3. The van der Waals surface area contributed by atoms with Gasteiger partial charge in [0.15, 0.2) is 18.3 Å². The first-order valence-electron chi connectivity index (χ1n) is 6.08. The van der Waals surface area contributed by atoms with Crippen LogP contribution in [0.3, 0.4) is 0 Å². The molecule has 0 amide bonds. The predicted octanol–water partition coefficient (Wildman–Crippen LogP) is 0.310. The van der Waals surface area contributed by atoms with Gasteiger partial charge in [0.05, 0.1) is 13.2 Å². The largest absolute Gasteiger partial charge is 0.453 e. The number of hydrogen-bond donors (Lipinski definition) is 0. The molecule has 1 rings (SSSR count). The van der Waals surface area contributed by atoms with Gasteiger partial charge in [0.2, 0.25) is 0 Å². The standard InChI is InChI=1S/C14H16O7/c1-4-11(15)19-9-7-18-8-10(20-12(16)5-2)14(9)21-13(17)6-3/h4-6,9-10,14H,1-3,7-8H2. The third-order valence-electron chi connectivity index (χ3n) is 2.58. The molecule has 1 aliphatic rings. The van der Waals surface area contributed by atoms with Crippen LogP contribution in [0.15, 0.2) is 38.0 Å². The Bertz CT molecular complexity index is 424. The smallest absolute Gasteiger partial charge is 0.330 e. The Morgan fingerprint density at radius 1 is 0.810 bits per heavy atom. The van der Waals surface area contributed by atoms with Crippen molar-refractivity contribution in [2.24, 2.45) is 0 Å². The van der Waals surface area contributed by atoms with Crippen LogP contribution in [0.5, 0.6) is 0 Å². The Hall–Kier alpha value is -2.41. The van der Waals surface area contributed by atoms with Gasteiger partial charge in [-0.05, 0) is 0 Å². The summed E-state index contributed by atoms with van der Waals surface area (Å²) in [6.07, 6.45) is 0.0368. The minimum atomic E-state index is -1.00. The Morgan fingerprint density at radius 2 is 1.19 bits per heavy atom. The van der Waals surface area contributed by atoms with E-state index in [1.807, 2.05) is 0 Å². The summed E-state index contributed by atoms with van der Waals surface area (Å²) in [6, 6.07) is 0. The molecule has 0 aliphatic carbocycles. The Labute approximate surface area is 121 Å². The van der Waals surface area contributed by atoms with Gasteiger partial charge in [0.1, 0.15) is 0 Å². The predicted molar refractivity (Wildman–Crippen MR) is 71.1 cm³/mol. The zero-order valence-corrected chi connectivity index (χ0v) is 11.4. The van der Waals surface area contributed by atoms with Crippen LogP contribution in [0.25, 0.3) is 0 Å². The first-order valence-corrected chi connectivity index (χ1v) is 6.08. The average Bonchev–Trinajstić information content (AvgIpc) is 2.49. The summed E-state index contributed by atoms with van der Waals surface area (Å²) < 4.78 is 20.4. The van der Waals surface area contributed by atoms with E-state index < -0.39 is 36.2 Å². The second-order valence-electron chi connectivity index (χ2n) is 4.00. The summed E-state index contributed by atoms with van der Waals surface area (Å²) in [4.78, 5) is 34.0.